The molecule has 0 saturated carbocycles. The first-order chi connectivity index (χ1) is 10.1. The number of carbonyl (C=O) groups excluding carboxylic acids is 1. The first-order valence-electron chi connectivity index (χ1n) is 7.57. The number of rotatable bonds is 3. The van der Waals surface area contributed by atoms with Crippen LogP contribution < -0.4 is 0 Å². The summed E-state index contributed by atoms with van der Waals surface area (Å²) in [5, 5.41) is 9.47. The summed E-state index contributed by atoms with van der Waals surface area (Å²) in [6.45, 7) is 5.79. The van der Waals surface area contributed by atoms with Crippen molar-refractivity contribution in [3.05, 3.63) is 29.8 Å². The van der Waals surface area contributed by atoms with Crippen molar-refractivity contribution in [2.75, 3.05) is 32.7 Å². The van der Waals surface area contributed by atoms with Gasteiger partial charge in [0.1, 0.15) is 0 Å². The van der Waals surface area contributed by atoms with Crippen LogP contribution in [0.5, 0.6) is 0 Å². The molecule has 0 aromatic heterocycles. The van der Waals surface area contributed by atoms with E-state index in [1.54, 1.807) is 11.8 Å². The number of carbonyl (C=O) groups is 1. The molecule has 0 bridgehead atoms. The lowest BCUT2D eigenvalue weighted by Gasteiger charge is -2.36. The minimum absolute atomic E-state index is 0.0470. The second-order valence-corrected chi connectivity index (χ2v) is 7.14. The van der Waals surface area contributed by atoms with Gasteiger partial charge in [-0.1, -0.05) is 18.2 Å². The van der Waals surface area contributed by atoms with E-state index in [0.29, 0.717) is 6.54 Å². The number of hydrogen-bond donors (Lipinski definition) is 1. The van der Waals surface area contributed by atoms with Gasteiger partial charge in [-0.15, -0.1) is 11.8 Å². The Balaban J connectivity index is 1.54. The van der Waals surface area contributed by atoms with Gasteiger partial charge in [0, 0.05) is 37.6 Å². The molecular weight excluding hydrogens is 284 g/mol. The predicted octanol–water partition coefficient (Wildman–Crippen LogP) is 1.23. The fourth-order valence-corrected chi connectivity index (χ4v) is 4.33. The average molecular weight is 306 g/mol. The third-order valence-corrected chi connectivity index (χ3v) is 5.43. The van der Waals surface area contributed by atoms with E-state index in [1.165, 1.54) is 10.5 Å². The number of aliphatic hydroxyl groups is 1. The number of thioether (sulfide) groups is 1. The third-order valence-electron chi connectivity index (χ3n) is 4.13. The van der Waals surface area contributed by atoms with Crippen molar-refractivity contribution in [1.82, 2.24) is 9.80 Å². The molecule has 1 aromatic rings. The quantitative estimate of drug-likeness (QED) is 0.912. The molecule has 0 spiro atoms. The first kappa shape index (κ1) is 14.9. The van der Waals surface area contributed by atoms with E-state index in [4.69, 9.17) is 0 Å². The lowest BCUT2D eigenvalue weighted by molar-refractivity contribution is -0.132. The standard InChI is InChI=1S/C16H22N2O2S/c1-12(19)11-17-6-8-18(9-7-17)16(20)15-10-13-4-2-3-5-14(13)21-15/h2-5,12,15,19H,6-11H2,1H3. The monoisotopic (exact) mass is 306 g/mol. The molecular formula is C16H22N2O2S. The smallest absolute Gasteiger partial charge is 0.236 e. The van der Waals surface area contributed by atoms with Crippen molar-refractivity contribution in [2.24, 2.45) is 0 Å². The molecule has 2 aliphatic rings. The Labute approximate surface area is 130 Å². The number of β-amino-alcohol motifs (C(OH)–C–C–N with tert-alkyl or cyclic N) is 1. The van der Waals surface area contributed by atoms with Crippen molar-refractivity contribution in [3.8, 4) is 0 Å². The van der Waals surface area contributed by atoms with E-state index in [-0.39, 0.29) is 17.3 Å². The van der Waals surface area contributed by atoms with Crippen LogP contribution in [-0.2, 0) is 11.2 Å². The molecule has 4 nitrogen and oxygen atoms in total. The van der Waals surface area contributed by atoms with E-state index >= 15 is 0 Å². The molecule has 1 amide bonds. The zero-order chi connectivity index (χ0) is 14.8. The van der Waals surface area contributed by atoms with Crippen LogP contribution in [0.15, 0.2) is 29.2 Å². The lowest BCUT2D eigenvalue weighted by atomic mass is 10.1. The maximum atomic E-state index is 12.6. The fourth-order valence-electron chi connectivity index (χ4n) is 3.05. The summed E-state index contributed by atoms with van der Waals surface area (Å²) in [7, 11) is 0. The maximum absolute atomic E-state index is 12.6. The highest BCUT2D eigenvalue weighted by Crippen LogP contribution is 2.37. The lowest BCUT2D eigenvalue weighted by Crippen LogP contribution is -2.52. The third kappa shape index (κ3) is 3.42. The zero-order valence-electron chi connectivity index (χ0n) is 12.4. The van der Waals surface area contributed by atoms with Gasteiger partial charge < -0.3 is 10.0 Å². The molecule has 21 heavy (non-hydrogen) atoms. The molecule has 2 atom stereocenters. The molecule has 2 aliphatic heterocycles. The number of piperazine rings is 1. The Morgan fingerprint density at radius 2 is 2.05 bits per heavy atom. The molecule has 0 radical (unpaired) electrons. The van der Waals surface area contributed by atoms with Crippen LogP contribution in [0.3, 0.4) is 0 Å². The van der Waals surface area contributed by atoms with Gasteiger partial charge in [-0.25, -0.2) is 0 Å². The molecule has 1 N–H and O–H groups in total. The van der Waals surface area contributed by atoms with Gasteiger partial charge in [0.25, 0.3) is 0 Å². The summed E-state index contributed by atoms with van der Waals surface area (Å²) >= 11 is 1.70. The average Bonchev–Trinajstić information content (AvgIpc) is 2.90. The molecule has 0 aliphatic carbocycles. The fraction of sp³-hybridized carbons (Fsp3) is 0.562. The van der Waals surface area contributed by atoms with Gasteiger partial charge in [-0.05, 0) is 25.0 Å². The van der Waals surface area contributed by atoms with Crippen LogP contribution in [0.4, 0.5) is 0 Å². The number of fused-ring (bicyclic) bond motifs is 1. The van der Waals surface area contributed by atoms with Gasteiger partial charge in [-0.3, -0.25) is 9.69 Å². The first-order valence-corrected chi connectivity index (χ1v) is 8.45. The number of hydrogen-bond acceptors (Lipinski definition) is 4. The van der Waals surface area contributed by atoms with Crippen LogP contribution in [-0.4, -0.2) is 64.9 Å². The summed E-state index contributed by atoms with van der Waals surface area (Å²) in [4.78, 5) is 18.1. The topological polar surface area (TPSA) is 43.8 Å². The summed E-state index contributed by atoms with van der Waals surface area (Å²) < 4.78 is 0. The van der Waals surface area contributed by atoms with Crippen LogP contribution in [0.2, 0.25) is 0 Å². The second-order valence-electron chi connectivity index (χ2n) is 5.89. The Hall–Kier alpha value is -1.04. The SMILES string of the molecule is CC(O)CN1CCN(C(=O)C2Cc3ccccc3S2)CC1. The van der Waals surface area contributed by atoms with Gasteiger partial charge in [0.15, 0.2) is 0 Å². The van der Waals surface area contributed by atoms with Gasteiger partial charge in [-0.2, -0.15) is 0 Å². The molecule has 1 aromatic carbocycles. The zero-order valence-corrected chi connectivity index (χ0v) is 13.2. The van der Waals surface area contributed by atoms with Crippen molar-refractivity contribution < 1.29 is 9.90 Å². The molecule has 2 heterocycles. The number of aliphatic hydroxyl groups excluding tert-OH is 1. The Morgan fingerprint density at radius 3 is 2.71 bits per heavy atom. The molecule has 1 fully saturated rings. The second kappa shape index (κ2) is 6.38. The number of nitrogens with zero attached hydrogens (tertiary/aromatic N) is 2. The van der Waals surface area contributed by atoms with Crippen LogP contribution in [0.25, 0.3) is 0 Å². The molecule has 5 heteroatoms. The molecule has 3 rings (SSSR count). The molecule has 2 unspecified atom stereocenters. The van der Waals surface area contributed by atoms with Crippen molar-refractivity contribution in [2.45, 2.75) is 29.6 Å². The summed E-state index contributed by atoms with van der Waals surface area (Å²) in [5.74, 6) is 0.271. The van der Waals surface area contributed by atoms with Gasteiger partial charge in [0.2, 0.25) is 5.91 Å². The molecule has 114 valence electrons. The molecule has 1 saturated heterocycles. The van der Waals surface area contributed by atoms with Gasteiger partial charge in [0.05, 0.1) is 11.4 Å². The largest absolute Gasteiger partial charge is 0.392 e. The van der Waals surface area contributed by atoms with E-state index in [9.17, 15) is 9.90 Å². The number of benzene rings is 1. The van der Waals surface area contributed by atoms with Crippen LogP contribution in [0.1, 0.15) is 12.5 Å². The van der Waals surface area contributed by atoms with E-state index in [1.807, 2.05) is 24.0 Å². The summed E-state index contributed by atoms with van der Waals surface area (Å²) in [6.07, 6.45) is 0.556. The predicted molar refractivity (Wildman–Crippen MR) is 84.5 cm³/mol. The van der Waals surface area contributed by atoms with E-state index in [0.717, 1.165) is 32.6 Å². The highest BCUT2D eigenvalue weighted by atomic mass is 32.2. The minimum atomic E-state index is -0.299. The highest BCUT2D eigenvalue weighted by Gasteiger charge is 2.32. The van der Waals surface area contributed by atoms with E-state index in [2.05, 4.69) is 17.0 Å². The van der Waals surface area contributed by atoms with Crippen molar-refractivity contribution in [3.63, 3.8) is 0 Å². The Morgan fingerprint density at radius 1 is 1.33 bits per heavy atom. The Bertz CT molecular complexity index is 488. The van der Waals surface area contributed by atoms with Gasteiger partial charge >= 0.3 is 0 Å². The van der Waals surface area contributed by atoms with E-state index < -0.39 is 0 Å². The maximum Gasteiger partial charge on any atom is 0.236 e. The minimum Gasteiger partial charge on any atom is -0.392 e. The summed E-state index contributed by atoms with van der Waals surface area (Å²) in [5.41, 5.74) is 1.30. The Kier molecular flexibility index (Phi) is 4.52. The highest BCUT2D eigenvalue weighted by molar-refractivity contribution is 8.01. The summed E-state index contributed by atoms with van der Waals surface area (Å²) in [6, 6.07) is 8.30. The van der Waals surface area contributed by atoms with Crippen molar-refractivity contribution in [1.29, 1.82) is 0 Å². The van der Waals surface area contributed by atoms with Crippen LogP contribution >= 0.6 is 11.8 Å². The number of amides is 1. The normalized spacial score (nSPS) is 23.9. The van der Waals surface area contributed by atoms with Crippen LogP contribution in [0, 0.1) is 0 Å². The van der Waals surface area contributed by atoms with Crippen molar-refractivity contribution >= 4 is 17.7 Å².